The number of benzene rings is 2. The van der Waals surface area contributed by atoms with E-state index < -0.39 is 37.6 Å². The second-order valence-electron chi connectivity index (χ2n) is 4.07. The normalized spacial score (nSPS) is 11.2. The van der Waals surface area contributed by atoms with Crippen LogP contribution in [0.4, 0.5) is 10.1 Å². The van der Waals surface area contributed by atoms with Crippen LogP contribution >= 0.6 is 0 Å². The van der Waals surface area contributed by atoms with Crippen molar-refractivity contribution in [2.24, 2.45) is 0 Å². The lowest BCUT2D eigenvalue weighted by molar-refractivity contribution is -0.385. The lowest BCUT2D eigenvalue weighted by Gasteiger charge is -2.06. The van der Waals surface area contributed by atoms with Gasteiger partial charge in [-0.25, -0.2) is 12.8 Å². The van der Waals surface area contributed by atoms with Gasteiger partial charge >= 0.3 is 0 Å². The lowest BCUT2D eigenvalue weighted by Crippen LogP contribution is -2.08. The number of hydrogen-bond donors (Lipinski definition) is 0. The highest BCUT2D eigenvalue weighted by Gasteiger charge is 2.24. The first-order chi connectivity index (χ1) is 9.42. The van der Waals surface area contributed by atoms with Crippen molar-refractivity contribution in [2.45, 2.75) is 10.6 Å². The Morgan fingerprint density at radius 1 is 1.05 bits per heavy atom. The van der Waals surface area contributed by atoms with Gasteiger partial charge in [-0.05, 0) is 18.2 Å². The van der Waals surface area contributed by atoms with Crippen molar-refractivity contribution in [1.29, 1.82) is 0 Å². The third-order valence-electron chi connectivity index (χ3n) is 2.73. The Morgan fingerprint density at radius 3 is 2.30 bits per heavy atom. The van der Waals surface area contributed by atoms with E-state index in [0.717, 1.165) is 12.1 Å². The standard InChI is InChI=1S/C13H10FNO4S/c14-12-7-4-8-13(15(16)17)11(12)9-20(18,19)10-5-2-1-3-6-10/h1-8H,9H2. The summed E-state index contributed by atoms with van der Waals surface area (Å²) in [5.41, 5.74) is -0.967. The predicted octanol–water partition coefficient (Wildman–Crippen LogP) is 2.71. The first-order valence-electron chi connectivity index (χ1n) is 5.61. The van der Waals surface area contributed by atoms with E-state index in [1.807, 2.05) is 0 Å². The molecule has 104 valence electrons. The van der Waals surface area contributed by atoms with Crippen molar-refractivity contribution in [3.05, 3.63) is 70.0 Å². The van der Waals surface area contributed by atoms with E-state index in [1.54, 1.807) is 6.07 Å². The zero-order chi connectivity index (χ0) is 14.8. The number of hydrogen-bond acceptors (Lipinski definition) is 4. The Balaban J connectivity index is 2.48. The topological polar surface area (TPSA) is 77.3 Å². The van der Waals surface area contributed by atoms with Crippen molar-refractivity contribution in [2.75, 3.05) is 0 Å². The zero-order valence-corrected chi connectivity index (χ0v) is 11.0. The van der Waals surface area contributed by atoms with Crippen LogP contribution in [0.25, 0.3) is 0 Å². The lowest BCUT2D eigenvalue weighted by atomic mass is 10.2. The van der Waals surface area contributed by atoms with Gasteiger partial charge in [0.1, 0.15) is 5.82 Å². The van der Waals surface area contributed by atoms with Crippen LogP contribution in [-0.4, -0.2) is 13.3 Å². The van der Waals surface area contributed by atoms with E-state index in [-0.39, 0.29) is 4.90 Å². The molecule has 0 spiro atoms. The second kappa shape index (κ2) is 5.38. The maximum absolute atomic E-state index is 13.7. The minimum absolute atomic E-state index is 0.00227. The van der Waals surface area contributed by atoms with Crippen molar-refractivity contribution < 1.29 is 17.7 Å². The maximum Gasteiger partial charge on any atom is 0.276 e. The number of halogens is 1. The van der Waals surface area contributed by atoms with Crippen LogP contribution in [0.15, 0.2) is 53.4 Å². The van der Waals surface area contributed by atoms with Crippen molar-refractivity contribution in [1.82, 2.24) is 0 Å². The van der Waals surface area contributed by atoms with Crippen LogP contribution in [0.5, 0.6) is 0 Å². The molecule has 0 fully saturated rings. The SMILES string of the molecule is O=[N+]([O-])c1cccc(F)c1CS(=O)(=O)c1ccccc1. The monoisotopic (exact) mass is 295 g/mol. The van der Waals surface area contributed by atoms with Gasteiger partial charge in [-0.1, -0.05) is 24.3 Å². The van der Waals surface area contributed by atoms with E-state index in [0.29, 0.717) is 0 Å². The van der Waals surface area contributed by atoms with E-state index in [2.05, 4.69) is 0 Å². The molecule has 0 N–H and O–H groups in total. The Morgan fingerprint density at radius 2 is 1.70 bits per heavy atom. The van der Waals surface area contributed by atoms with Crippen LogP contribution in [0.3, 0.4) is 0 Å². The molecule has 0 saturated heterocycles. The van der Waals surface area contributed by atoms with E-state index in [1.165, 1.54) is 30.3 Å². The van der Waals surface area contributed by atoms with Crippen molar-refractivity contribution >= 4 is 15.5 Å². The minimum atomic E-state index is -3.84. The molecule has 2 aromatic carbocycles. The molecule has 0 aromatic heterocycles. The first-order valence-corrected chi connectivity index (χ1v) is 7.26. The second-order valence-corrected chi connectivity index (χ2v) is 6.06. The molecule has 0 aliphatic rings. The molecule has 0 atom stereocenters. The molecule has 0 bridgehead atoms. The molecule has 20 heavy (non-hydrogen) atoms. The minimum Gasteiger partial charge on any atom is -0.258 e. The van der Waals surface area contributed by atoms with Gasteiger partial charge in [-0.3, -0.25) is 10.1 Å². The Labute approximate surface area is 114 Å². The average molecular weight is 295 g/mol. The highest BCUT2D eigenvalue weighted by molar-refractivity contribution is 7.90. The predicted molar refractivity (Wildman–Crippen MR) is 70.4 cm³/mol. The largest absolute Gasteiger partial charge is 0.276 e. The van der Waals surface area contributed by atoms with Gasteiger partial charge in [0.2, 0.25) is 0 Å². The molecule has 2 aromatic rings. The molecule has 2 rings (SSSR count). The third-order valence-corrected chi connectivity index (χ3v) is 4.39. The Hall–Kier alpha value is -2.28. The highest BCUT2D eigenvalue weighted by Crippen LogP contribution is 2.26. The summed E-state index contributed by atoms with van der Waals surface area (Å²) in [5, 5.41) is 10.8. The van der Waals surface area contributed by atoms with Crippen LogP contribution < -0.4 is 0 Å². The number of nitro groups is 1. The van der Waals surface area contributed by atoms with Crippen molar-refractivity contribution in [3.63, 3.8) is 0 Å². The summed E-state index contributed by atoms with van der Waals surface area (Å²) in [6, 6.07) is 10.7. The molecule has 0 aliphatic heterocycles. The summed E-state index contributed by atoms with van der Waals surface area (Å²) in [6.45, 7) is 0. The molecule has 0 unspecified atom stereocenters. The van der Waals surface area contributed by atoms with Gasteiger partial charge in [0, 0.05) is 6.07 Å². The fraction of sp³-hybridized carbons (Fsp3) is 0.0769. The molecule has 0 radical (unpaired) electrons. The fourth-order valence-electron chi connectivity index (χ4n) is 1.76. The molecular formula is C13H10FNO4S. The van der Waals surface area contributed by atoms with E-state index >= 15 is 0 Å². The van der Waals surface area contributed by atoms with E-state index in [4.69, 9.17) is 0 Å². The third kappa shape index (κ3) is 2.83. The highest BCUT2D eigenvalue weighted by atomic mass is 32.2. The molecule has 0 saturated carbocycles. The van der Waals surface area contributed by atoms with Crippen LogP contribution in [-0.2, 0) is 15.6 Å². The number of rotatable bonds is 4. The van der Waals surface area contributed by atoms with Gasteiger partial charge in [0.15, 0.2) is 9.84 Å². The molecule has 5 nitrogen and oxygen atoms in total. The van der Waals surface area contributed by atoms with Gasteiger partial charge in [0.05, 0.1) is 21.1 Å². The molecule has 7 heteroatoms. The quantitative estimate of drug-likeness (QED) is 0.642. The Kier molecular flexibility index (Phi) is 3.80. The van der Waals surface area contributed by atoms with E-state index in [9.17, 15) is 22.9 Å². The molecule has 0 aliphatic carbocycles. The van der Waals surface area contributed by atoms with Crippen LogP contribution in [0.1, 0.15) is 5.56 Å². The summed E-state index contributed by atoms with van der Waals surface area (Å²) < 4.78 is 38.0. The van der Waals surface area contributed by atoms with Crippen LogP contribution in [0.2, 0.25) is 0 Å². The number of nitrogens with zero attached hydrogens (tertiary/aromatic N) is 1. The van der Waals surface area contributed by atoms with Gasteiger partial charge in [0.25, 0.3) is 5.69 Å². The Bertz CT molecular complexity index is 744. The zero-order valence-electron chi connectivity index (χ0n) is 10.2. The summed E-state index contributed by atoms with van der Waals surface area (Å²) in [4.78, 5) is 10.0. The summed E-state index contributed by atoms with van der Waals surface area (Å²) in [5.74, 6) is -1.65. The van der Waals surface area contributed by atoms with Crippen LogP contribution in [0, 0.1) is 15.9 Å². The summed E-state index contributed by atoms with van der Waals surface area (Å²) in [6.07, 6.45) is 0. The molecular weight excluding hydrogens is 285 g/mol. The average Bonchev–Trinajstić information content (AvgIpc) is 2.41. The maximum atomic E-state index is 13.7. The number of nitro benzene ring substituents is 1. The van der Waals surface area contributed by atoms with Gasteiger partial charge in [-0.15, -0.1) is 0 Å². The fourth-order valence-corrected chi connectivity index (χ4v) is 3.17. The summed E-state index contributed by atoms with van der Waals surface area (Å²) >= 11 is 0. The van der Waals surface area contributed by atoms with Gasteiger partial charge < -0.3 is 0 Å². The molecule has 0 amide bonds. The molecule has 0 heterocycles. The number of sulfone groups is 1. The smallest absolute Gasteiger partial charge is 0.258 e. The first kappa shape index (κ1) is 14.1. The van der Waals surface area contributed by atoms with Crippen molar-refractivity contribution in [3.8, 4) is 0 Å². The summed E-state index contributed by atoms with van der Waals surface area (Å²) in [7, 11) is -3.84. The van der Waals surface area contributed by atoms with Gasteiger partial charge in [-0.2, -0.15) is 0 Å².